The zero-order chi connectivity index (χ0) is 30.4. The highest BCUT2D eigenvalue weighted by atomic mass is 16.5. The van der Waals surface area contributed by atoms with Crippen molar-refractivity contribution in [3.05, 3.63) is 37.0 Å². The van der Waals surface area contributed by atoms with Gasteiger partial charge in [-0.05, 0) is 64.2 Å². The summed E-state index contributed by atoms with van der Waals surface area (Å²) in [4.78, 5) is 0. The highest BCUT2D eigenvalue weighted by Crippen LogP contribution is 2.12. The van der Waals surface area contributed by atoms with Gasteiger partial charge in [0.15, 0.2) is 0 Å². The molecule has 0 aliphatic carbocycles. The highest BCUT2D eigenvalue weighted by molar-refractivity contribution is 4.82. The molecule has 0 radical (unpaired) electrons. The molecule has 0 aliphatic rings. The van der Waals surface area contributed by atoms with Crippen molar-refractivity contribution < 1.29 is 9.47 Å². The molecule has 0 aromatic carbocycles. The smallest absolute Gasteiger partial charge is 0.0986 e. The van der Waals surface area contributed by atoms with Crippen LogP contribution in [0.1, 0.15) is 194 Å². The Hall–Kier alpha value is -0.860. The van der Waals surface area contributed by atoms with Crippen LogP contribution in [0.15, 0.2) is 37.0 Å². The van der Waals surface area contributed by atoms with Crippen molar-refractivity contribution in [2.75, 3.05) is 19.8 Å². The van der Waals surface area contributed by atoms with E-state index in [1.807, 2.05) is 6.08 Å². The van der Waals surface area contributed by atoms with E-state index in [-0.39, 0.29) is 6.10 Å². The summed E-state index contributed by atoms with van der Waals surface area (Å²) >= 11 is 0. The zero-order valence-corrected chi connectivity index (χ0v) is 28.9. The topological polar surface area (TPSA) is 18.5 Å². The first kappa shape index (κ1) is 41.1. The Morgan fingerprint density at radius 2 is 0.762 bits per heavy atom. The summed E-state index contributed by atoms with van der Waals surface area (Å²) in [6, 6.07) is 0. The molecule has 42 heavy (non-hydrogen) atoms. The van der Waals surface area contributed by atoms with Gasteiger partial charge >= 0.3 is 0 Å². The molecule has 2 heteroatoms. The average Bonchev–Trinajstić information content (AvgIpc) is 3.00. The molecule has 2 nitrogen and oxygen atoms in total. The van der Waals surface area contributed by atoms with Crippen LogP contribution in [0.3, 0.4) is 0 Å². The number of allylic oxidation sites excluding steroid dienone is 4. The molecule has 0 aromatic heterocycles. The summed E-state index contributed by atoms with van der Waals surface area (Å²) < 4.78 is 11.9. The Bertz CT molecular complexity index is 552. The summed E-state index contributed by atoms with van der Waals surface area (Å²) in [5.41, 5.74) is 0. The maximum absolute atomic E-state index is 5.99. The fraction of sp³-hybridized carbons (Fsp3) is 0.850. The van der Waals surface area contributed by atoms with Crippen molar-refractivity contribution in [1.29, 1.82) is 0 Å². The van der Waals surface area contributed by atoms with Crippen LogP contribution in [0.4, 0.5) is 0 Å². The SMILES string of the molecule is C=CC(COCCCCCCCC/C=C\CCCCCCCC)OCCCCCCCC/C=C\CCCCCCCC. The standard InChI is InChI=1S/C40H76O2/c1-4-7-9-11-13-15-17-19-21-23-25-27-29-31-33-35-37-41-39-40(6-3)42-38-36-34-32-30-28-26-24-22-20-18-16-14-12-10-8-5-2/h6,19-22,40H,3-5,7-18,23-39H2,1-2H3/b21-19-,22-20-. The minimum absolute atomic E-state index is 0.0437. The van der Waals surface area contributed by atoms with E-state index in [0.717, 1.165) is 26.1 Å². The normalized spacial score (nSPS) is 12.6. The van der Waals surface area contributed by atoms with Crippen molar-refractivity contribution in [3.63, 3.8) is 0 Å². The molecule has 0 spiro atoms. The first-order chi connectivity index (χ1) is 20.8. The van der Waals surface area contributed by atoms with E-state index in [4.69, 9.17) is 9.47 Å². The first-order valence-corrected chi connectivity index (χ1v) is 19.0. The Kier molecular flexibility index (Phi) is 37.4. The Balaban J connectivity index is 3.33. The van der Waals surface area contributed by atoms with Crippen LogP contribution in [-0.4, -0.2) is 25.9 Å². The van der Waals surface area contributed by atoms with Gasteiger partial charge in [0.05, 0.1) is 12.7 Å². The van der Waals surface area contributed by atoms with Gasteiger partial charge in [-0.3, -0.25) is 0 Å². The van der Waals surface area contributed by atoms with Crippen LogP contribution in [0, 0.1) is 0 Å². The molecule has 0 saturated carbocycles. The molecule has 0 aromatic rings. The van der Waals surface area contributed by atoms with Gasteiger partial charge in [-0.2, -0.15) is 0 Å². The predicted octanol–water partition coefficient (Wildman–Crippen LogP) is 13.6. The third-order valence-corrected chi connectivity index (χ3v) is 8.33. The van der Waals surface area contributed by atoms with Gasteiger partial charge in [-0.1, -0.05) is 160 Å². The van der Waals surface area contributed by atoms with Gasteiger partial charge < -0.3 is 9.47 Å². The van der Waals surface area contributed by atoms with Crippen LogP contribution in [0.25, 0.3) is 0 Å². The summed E-state index contributed by atoms with van der Waals surface area (Å²) in [7, 11) is 0. The van der Waals surface area contributed by atoms with Crippen molar-refractivity contribution in [3.8, 4) is 0 Å². The van der Waals surface area contributed by atoms with E-state index in [9.17, 15) is 0 Å². The second kappa shape index (κ2) is 38.2. The van der Waals surface area contributed by atoms with E-state index < -0.39 is 0 Å². The van der Waals surface area contributed by atoms with Gasteiger partial charge in [0.1, 0.15) is 0 Å². The lowest BCUT2D eigenvalue weighted by Gasteiger charge is -2.14. The fourth-order valence-electron chi connectivity index (χ4n) is 5.42. The minimum atomic E-state index is 0.0437. The molecule has 0 saturated heterocycles. The number of rotatable bonds is 36. The van der Waals surface area contributed by atoms with Crippen LogP contribution < -0.4 is 0 Å². The lowest BCUT2D eigenvalue weighted by Crippen LogP contribution is -2.18. The second-order valence-corrected chi connectivity index (χ2v) is 12.6. The summed E-state index contributed by atoms with van der Waals surface area (Å²) in [5, 5.41) is 0. The maximum atomic E-state index is 5.99. The number of unbranched alkanes of at least 4 members (excludes halogenated alkanes) is 24. The molecule has 0 heterocycles. The second-order valence-electron chi connectivity index (χ2n) is 12.6. The molecule has 1 atom stereocenters. The Morgan fingerprint density at radius 1 is 0.429 bits per heavy atom. The van der Waals surface area contributed by atoms with E-state index in [1.165, 1.54) is 167 Å². The molecule has 0 fully saturated rings. The van der Waals surface area contributed by atoms with E-state index in [1.54, 1.807) is 0 Å². The quantitative estimate of drug-likeness (QED) is 0.0535. The van der Waals surface area contributed by atoms with Gasteiger partial charge in [-0.25, -0.2) is 0 Å². The van der Waals surface area contributed by atoms with Gasteiger partial charge in [0.25, 0.3) is 0 Å². The largest absolute Gasteiger partial charge is 0.378 e. The third kappa shape index (κ3) is 35.3. The lowest BCUT2D eigenvalue weighted by atomic mass is 10.1. The molecule has 0 aliphatic heterocycles. The van der Waals surface area contributed by atoms with Crippen molar-refractivity contribution >= 4 is 0 Å². The maximum Gasteiger partial charge on any atom is 0.0986 e. The molecule has 248 valence electrons. The summed E-state index contributed by atoms with van der Waals surface area (Å²) in [6.07, 6.45) is 49.1. The molecule has 0 rings (SSSR count). The van der Waals surface area contributed by atoms with Gasteiger partial charge in [0, 0.05) is 13.2 Å². The van der Waals surface area contributed by atoms with E-state index in [2.05, 4.69) is 44.7 Å². The van der Waals surface area contributed by atoms with E-state index in [0.29, 0.717) is 6.61 Å². The van der Waals surface area contributed by atoms with Gasteiger partial charge in [0.2, 0.25) is 0 Å². The van der Waals surface area contributed by atoms with Crippen molar-refractivity contribution in [2.24, 2.45) is 0 Å². The van der Waals surface area contributed by atoms with Crippen LogP contribution in [0.2, 0.25) is 0 Å². The van der Waals surface area contributed by atoms with Crippen molar-refractivity contribution in [2.45, 2.75) is 200 Å². The van der Waals surface area contributed by atoms with Crippen LogP contribution in [-0.2, 0) is 9.47 Å². The minimum Gasteiger partial charge on any atom is -0.378 e. The molecule has 0 bridgehead atoms. The Labute approximate surface area is 265 Å². The summed E-state index contributed by atoms with van der Waals surface area (Å²) in [5.74, 6) is 0. The zero-order valence-electron chi connectivity index (χ0n) is 28.9. The first-order valence-electron chi connectivity index (χ1n) is 19.0. The highest BCUT2D eigenvalue weighted by Gasteiger charge is 2.04. The average molecular weight is 589 g/mol. The van der Waals surface area contributed by atoms with Crippen LogP contribution in [0.5, 0.6) is 0 Å². The molecular weight excluding hydrogens is 512 g/mol. The van der Waals surface area contributed by atoms with E-state index >= 15 is 0 Å². The van der Waals surface area contributed by atoms with Crippen molar-refractivity contribution in [1.82, 2.24) is 0 Å². The predicted molar refractivity (Wildman–Crippen MR) is 190 cm³/mol. The Morgan fingerprint density at radius 3 is 1.14 bits per heavy atom. The molecular formula is C40H76O2. The lowest BCUT2D eigenvalue weighted by molar-refractivity contribution is 0.00602. The third-order valence-electron chi connectivity index (χ3n) is 8.33. The summed E-state index contributed by atoms with van der Waals surface area (Å²) in [6.45, 7) is 10.8. The van der Waals surface area contributed by atoms with Gasteiger partial charge in [-0.15, -0.1) is 6.58 Å². The van der Waals surface area contributed by atoms with Crippen LogP contribution >= 0.6 is 0 Å². The fourth-order valence-corrected chi connectivity index (χ4v) is 5.42. The number of hydrogen-bond donors (Lipinski definition) is 0. The number of hydrogen-bond acceptors (Lipinski definition) is 2. The monoisotopic (exact) mass is 589 g/mol. The molecule has 0 N–H and O–H groups in total. The molecule has 1 unspecified atom stereocenters. The molecule has 0 amide bonds. The number of ether oxygens (including phenoxy) is 2.